The predicted octanol–water partition coefficient (Wildman–Crippen LogP) is 6.63. The molecule has 0 spiro atoms. The van der Waals surface area contributed by atoms with Gasteiger partial charge in [0.15, 0.2) is 0 Å². The van der Waals surface area contributed by atoms with Crippen molar-refractivity contribution in [3.8, 4) is 17.0 Å². The topological polar surface area (TPSA) is 48.7 Å². The first-order chi connectivity index (χ1) is 14.7. The van der Waals surface area contributed by atoms with E-state index in [2.05, 4.69) is 33.4 Å². The zero-order chi connectivity index (χ0) is 20.5. The van der Waals surface area contributed by atoms with Gasteiger partial charge in [-0.25, -0.2) is 9.99 Å². The molecule has 6 heteroatoms. The van der Waals surface area contributed by atoms with E-state index in [-0.39, 0.29) is 11.8 Å². The van der Waals surface area contributed by atoms with Crippen molar-refractivity contribution in [2.75, 3.05) is 5.01 Å². The number of rotatable bonds is 4. The van der Waals surface area contributed by atoms with Crippen LogP contribution in [-0.2, 0) is 0 Å². The largest absolute Gasteiger partial charge is 0.508 e. The Balaban J connectivity index is 1.55. The molecule has 1 aliphatic heterocycles. The lowest BCUT2D eigenvalue weighted by atomic mass is 9.98. The molecule has 0 fully saturated rings. The molecule has 1 unspecified atom stereocenters. The van der Waals surface area contributed by atoms with E-state index in [1.54, 1.807) is 17.4 Å². The van der Waals surface area contributed by atoms with Gasteiger partial charge < -0.3 is 5.11 Å². The van der Waals surface area contributed by atoms with Gasteiger partial charge in [0.2, 0.25) is 5.13 Å². The van der Waals surface area contributed by atoms with Crippen molar-refractivity contribution in [2.45, 2.75) is 12.5 Å². The molecule has 0 bridgehead atoms. The van der Waals surface area contributed by atoms with Crippen molar-refractivity contribution >= 4 is 38.1 Å². The fourth-order valence-electron chi connectivity index (χ4n) is 3.63. The second-order valence-electron chi connectivity index (χ2n) is 7.06. The molecular formula is C24H18BrN3OS. The van der Waals surface area contributed by atoms with Gasteiger partial charge in [-0.15, -0.1) is 11.3 Å². The molecule has 30 heavy (non-hydrogen) atoms. The molecule has 1 atom stereocenters. The highest BCUT2D eigenvalue weighted by Crippen LogP contribution is 2.41. The van der Waals surface area contributed by atoms with Crippen molar-refractivity contribution in [1.82, 2.24) is 4.98 Å². The Morgan fingerprint density at radius 3 is 2.40 bits per heavy atom. The number of hydrazone groups is 1. The zero-order valence-corrected chi connectivity index (χ0v) is 18.3. The van der Waals surface area contributed by atoms with Crippen molar-refractivity contribution in [1.29, 1.82) is 0 Å². The fraction of sp³-hybridized carbons (Fsp3) is 0.0833. The minimum absolute atomic E-state index is 0.106. The number of hydrogen-bond acceptors (Lipinski definition) is 5. The van der Waals surface area contributed by atoms with E-state index < -0.39 is 0 Å². The van der Waals surface area contributed by atoms with E-state index in [1.807, 2.05) is 65.7 Å². The number of phenols is 1. The monoisotopic (exact) mass is 475 g/mol. The molecular weight excluding hydrogens is 458 g/mol. The first-order valence-corrected chi connectivity index (χ1v) is 11.3. The number of benzene rings is 3. The smallest absolute Gasteiger partial charge is 0.207 e. The molecule has 1 aliphatic rings. The molecule has 0 saturated heterocycles. The van der Waals surface area contributed by atoms with Crippen LogP contribution in [0.4, 0.5) is 5.13 Å². The summed E-state index contributed by atoms with van der Waals surface area (Å²) in [6.45, 7) is 0. The van der Waals surface area contributed by atoms with Gasteiger partial charge in [0.25, 0.3) is 0 Å². The molecule has 3 aromatic carbocycles. The van der Waals surface area contributed by atoms with Crippen LogP contribution in [-0.4, -0.2) is 15.8 Å². The summed E-state index contributed by atoms with van der Waals surface area (Å²) >= 11 is 5.04. The summed E-state index contributed by atoms with van der Waals surface area (Å²) in [5, 5.41) is 20.2. The molecule has 0 radical (unpaired) electrons. The van der Waals surface area contributed by atoms with E-state index in [0.717, 1.165) is 37.7 Å². The van der Waals surface area contributed by atoms with Crippen LogP contribution in [0.5, 0.6) is 5.75 Å². The molecule has 0 saturated carbocycles. The van der Waals surface area contributed by atoms with Crippen molar-refractivity contribution in [2.24, 2.45) is 5.10 Å². The van der Waals surface area contributed by atoms with Crippen LogP contribution in [0.15, 0.2) is 93.8 Å². The Morgan fingerprint density at radius 1 is 0.900 bits per heavy atom. The third-order valence-corrected chi connectivity index (χ3v) is 6.50. The molecule has 4 nitrogen and oxygen atoms in total. The molecule has 0 amide bonds. The number of aromatic nitrogens is 1. The van der Waals surface area contributed by atoms with Gasteiger partial charge in [0.1, 0.15) is 5.75 Å². The summed E-state index contributed by atoms with van der Waals surface area (Å²) in [5.41, 5.74) is 4.91. The van der Waals surface area contributed by atoms with Crippen LogP contribution in [0.3, 0.4) is 0 Å². The van der Waals surface area contributed by atoms with Crippen LogP contribution in [0.2, 0.25) is 0 Å². The van der Waals surface area contributed by atoms with Gasteiger partial charge in [-0.05, 0) is 23.8 Å². The number of anilines is 1. The van der Waals surface area contributed by atoms with E-state index in [4.69, 9.17) is 10.1 Å². The van der Waals surface area contributed by atoms with Crippen LogP contribution in [0.1, 0.15) is 23.6 Å². The van der Waals surface area contributed by atoms with Gasteiger partial charge in [0, 0.05) is 27.4 Å². The number of para-hydroxylation sites is 1. The quantitative estimate of drug-likeness (QED) is 0.360. The summed E-state index contributed by atoms with van der Waals surface area (Å²) in [7, 11) is 0. The lowest BCUT2D eigenvalue weighted by Crippen LogP contribution is -2.18. The molecule has 1 aromatic heterocycles. The summed E-state index contributed by atoms with van der Waals surface area (Å²) < 4.78 is 1.04. The Labute approximate surface area is 187 Å². The van der Waals surface area contributed by atoms with Crippen LogP contribution < -0.4 is 5.01 Å². The molecule has 148 valence electrons. The van der Waals surface area contributed by atoms with E-state index in [9.17, 15) is 5.11 Å². The van der Waals surface area contributed by atoms with E-state index in [1.165, 1.54) is 0 Å². The average Bonchev–Trinajstić information content (AvgIpc) is 3.43. The minimum atomic E-state index is -0.106. The Morgan fingerprint density at radius 2 is 1.63 bits per heavy atom. The second-order valence-corrected chi connectivity index (χ2v) is 8.81. The first-order valence-electron chi connectivity index (χ1n) is 9.60. The maximum atomic E-state index is 10.5. The Bertz CT molecular complexity index is 1200. The number of nitrogens with zero attached hydrogens (tertiary/aromatic N) is 3. The highest BCUT2D eigenvalue weighted by molar-refractivity contribution is 9.10. The number of thiazole rings is 1. The van der Waals surface area contributed by atoms with Gasteiger partial charge in [-0.2, -0.15) is 5.10 Å². The van der Waals surface area contributed by atoms with E-state index in [0.29, 0.717) is 6.42 Å². The number of phenolic OH excluding ortho intramolecular Hbond substituents is 1. The maximum Gasteiger partial charge on any atom is 0.207 e. The molecule has 2 heterocycles. The lowest BCUT2D eigenvalue weighted by molar-refractivity contribution is 0.461. The van der Waals surface area contributed by atoms with Crippen LogP contribution >= 0.6 is 27.3 Å². The molecule has 5 rings (SSSR count). The van der Waals surface area contributed by atoms with E-state index >= 15 is 0 Å². The third kappa shape index (κ3) is 3.64. The third-order valence-electron chi connectivity index (χ3n) is 5.14. The highest BCUT2D eigenvalue weighted by atomic mass is 79.9. The fourth-order valence-corrected chi connectivity index (χ4v) is 4.72. The normalized spacial score (nSPS) is 16.0. The highest BCUT2D eigenvalue weighted by Gasteiger charge is 2.33. The number of aromatic hydroxyl groups is 1. The summed E-state index contributed by atoms with van der Waals surface area (Å²) in [6, 6.07) is 25.7. The minimum Gasteiger partial charge on any atom is -0.508 e. The Kier molecular flexibility index (Phi) is 5.11. The number of halogens is 1. The average molecular weight is 476 g/mol. The molecule has 0 aliphatic carbocycles. The number of hydrogen-bond donors (Lipinski definition) is 1. The van der Waals surface area contributed by atoms with Crippen molar-refractivity contribution in [3.05, 3.63) is 99.8 Å². The maximum absolute atomic E-state index is 10.5. The first kappa shape index (κ1) is 19.0. The van der Waals surface area contributed by atoms with Crippen molar-refractivity contribution in [3.63, 3.8) is 0 Å². The second kappa shape index (κ2) is 8.05. The van der Waals surface area contributed by atoms with Crippen LogP contribution in [0.25, 0.3) is 11.3 Å². The Hall–Kier alpha value is -2.96. The molecule has 4 aromatic rings. The summed E-state index contributed by atoms with van der Waals surface area (Å²) in [4.78, 5) is 4.87. The summed E-state index contributed by atoms with van der Waals surface area (Å²) in [5.74, 6) is 0.279. The van der Waals surface area contributed by atoms with Gasteiger partial charge in [-0.3, -0.25) is 0 Å². The molecule has 1 N–H and O–H groups in total. The van der Waals surface area contributed by atoms with Crippen molar-refractivity contribution < 1.29 is 5.11 Å². The SMILES string of the molecule is Oc1ccccc1C1CC(c2ccccc2)=NN1c1nc(-c2ccc(Br)cc2)cs1. The predicted molar refractivity (Wildman–Crippen MR) is 126 cm³/mol. The summed E-state index contributed by atoms with van der Waals surface area (Å²) in [6.07, 6.45) is 0.703. The lowest BCUT2D eigenvalue weighted by Gasteiger charge is -2.21. The zero-order valence-electron chi connectivity index (χ0n) is 15.9. The standard InChI is InChI=1S/C24H18BrN3OS/c25-18-12-10-17(11-13-18)21-15-30-24(26-21)28-22(19-8-4-5-9-23(19)29)14-20(27-28)16-6-2-1-3-7-16/h1-13,15,22,29H,14H2. The van der Waals surface area contributed by atoms with Gasteiger partial charge in [-0.1, -0.05) is 76.6 Å². The van der Waals surface area contributed by atoms with Gasteiger partial charge >= 0.3 is 0 Å². The van der Waals surface area contributed by atoms with Gasteiger partial charge in [0.05, 0.1) is 17.4 Å². The van der Waals surface area contributed by atoms with Crippen LogP contribution in [0, 0.1) is 0 Å².